The molecule has 1 aromatic carbocycles. The molecule has 5 nitrogen and oxygen atoms in total. The van der Waals surface area contributed by atoms with Gasteiger partial charge in [0.15, 0.2) is 11.5 Å². The number of benzene rings is 1. The molecule has 0 radical (unpaired) electrons. The van der Waals surface area contributed by atoms with Crippen LogP contribution in [0.2, 0.25) is 0 Å². The largest absolute Gasteiger partial charge is 0.476 e. The molecule has 7 heteroatoms. The fourth-order valence-electron chi connectivity index (χ4n) is 1.39. The summed E-state index contributed by atoms with van der Waals surface area (Å²) in [4.78, 5) is 14.3. The van der Waals surface area contributed by atoms with Crippen LogP contribution in [0, 0.1) is 17.1 Å². The van der Waals surface area contributed by atoms with Gasteiger partial charge < -0.3 is 9.67 Å². The van der Waals surface area contributed by atoms with Gasteiger partial charge in [0.25, 0.3) is 0 Å². The third kappa shape index (κ3) is 1.98. The summed E-state index contributed by atoms with van der Waals surface area (Å²) in [5.41, 5.74) is 0.0885. The molecule has 0 bridgehead atoms. The molecule has 0 aliphatic heterocycles. The van der Waals surface area contributed by atoms with E-state index in [-0.39, 0.29) is 21.4 Å². The van der Waals surface area contributed by atoms with E-state index in [0.29, 0.717) is 0 Å². The Kier molecular flexibility index (Phi) is 3.12. The Bertz CT molecular complexity index is 675. The Balaban J connectivity index is 2.55. The second-order valence-electron chi connectivity index (χ2n) is 3.34. The van der Waals surface area contributed by atoms with E-state index in [1.54, 1.807) is 0 Å². The van der Waals surface area contributed by atoms with Gasteiger partial charge in [-0.3, -0.25) is 0 Å². The van der Waals surface area contributed by atoms with Crippen molar-refractivity contribution >= 4 is 21.9 Å². The van der Waals surface area contributed by atoms with E-state index >= 15 is 0 Å². The quantitative estimate of drug-likeness (QED) is 0.923. The maximum Gasteiger partial charge on any atom is 0.356 e. The summed E-state index contributed by atoms with van der Waals surface area (Å²) in [6.45, 7) is 0. The Morgan fingerprint density at radius 2 is 2.28 bits per heavy atom. The van der Waals surface area contributed by atoms with Crippen LogP contribution in [0.5, 0.6) is 0 Å². The number of nitriles is 1. The van der Waals surface area contributed by atoms with Gasteiger partial charge >= 0.3 is 5.97 Å². The number of aromatic nitrogens is 2. The molecule has 0 unspecified atom stereocenters. The smallest absolute Gasteiger partial charge is 0.356 e. The first-order chi connectivity index (χ1) is 8.54. The molecule has 2 aromatic rings. The monoisotopic (exact) mass is 309 g/mol. The van der Waals surface area contributed by atoms with Crippen molar-refractivity contribution in [3.8, 4) is 11.8 Å². The van der Waals surface area contributed by atoms with Crippen LogP contribution in [0.15, 0.2) is 29.1 Å². The van der Waals surface area contributed by atoms with Crippen LogP contribution >= 0.6 is 15.9 Å². The highest BCUT2D eigenvalue weighted by atomic mass is 79.9. The number of carboxylic acid groups (broad SMARTS) is 1. The number of nitrogens with zero attached hydrogens (tertiary/aromatic N) is 3. The lowest BCUT2D eigenvalue weighted by Gasteiger charge is -2.06. The van der Waals surface area contributed by atoms with E-state index in [4.69, 9.17) is 10.4 Å². The van der Waals surface area contributed by atoms with E-state index in [2.05, 4.69) is 20.9 Å². The lowest BCUT2D eigenvalue weighted by molar-refractivity contribution is 0.0691. The first kappa shape index (κ1) is 12.3. The average molecular weight is 310 g/mol. The minimum absolute atomic E-state index is 0.0353. The number of halogens is 2. The van der Waals surface area contributed by atoms with Crippen molar-refractivity contribution in [3.63, 3.8) is 0 Å². The maximum absolute atomic E-state index is 14.0. The van der Waals surface area contributed by atoms with Crippen LogP contribution in [-0.4, -0.2) is 20.6 Å². The summed E-state index contributed by atoms with van der Waals surface area (Å²) in [6, 6.07) is 4.65. The molecule has 1 aromatic heterocycles. The van der Waals surface area contributed by atoms with E-state index in [0.717, 1.165) is 0 Å². The molecule has 0 fully saturated rings. The van der Waals surface area contributed by atoms with Crippen molar-refractivity contribution in [2.75, 3.05) is 0 Å². The van der Waals surface area contributed by atoms with Crippen LogP contribution < -0.4 is 0 Å². The molecule has 0 aliphatic carbocycles. The third-order valence-electron chi connectivity index (χ3n) is 2.26. The molecule has 0 spiro atoms. The Morgan fingerprint density at radius 3 is 2.83 bits per heavy atom. The number of carboxylic acids is 1. The molecule has 0 saturated carbocycles. The van der Waals surface area contributed by atoms with E-state index < -0.39 is 11.8 Å². The van der Waals surface area contributed by atoms with Crippen molar-refractivity contribution in [2.24, 2.45) is 0 Å². The summed E-state index contributed by atoms with van der Waals surface area (Å²) in [6.07, 6.45) is 2.39. The van der Waals surface area contributed by atoms with Crippen LogP contribution in [0.4, 0.5) is 4.39 Å². The van der Waals surface area contributed by atoms with E-state index in [1.165, 1.54) is 29.2 Å². The number of carbonyl (C=O) groups is 1. The molecule has 0 atom stereocenters. The molecule has 2 rings (SSSR count). The van der Waals surface area contributed by atoms with Gasteiger partial charge in [-0.1, -0.05) is 0 Å². The Hall–Kier alpha value is -2.20. The topological polar surface area (TPSA) is 78.9 Å². The first-order valence-electron chi connectivity index (χ1n) is 4.70. The van der Waals surface area contributed by atoms with Crippen LogP contribution in [-0.2, 0) is 0 Å². The van der Waals surface area contributed by atoms with Gasteiger partial charge in [-0.25, -0.2) is 14.2 Å². The van der Waals surface area contributed by atoms with Crippen molar-refractivity contribution < 1.29 is 14.3 Å². The highest BCUT2D eigenvalue weighted by Gasteiger charge is 2.14. The lowest BCUT2D eigenvalue weighted by atomic mass is 10.2. The zero-order valence-electron chi connectivity index (χ0n) is 8.76. The van der Waals surface area contributed by atoms with Crippen molar-refractivity contribution in [1.82, 2.24) is 9.55 Å². The Labute approximate surface area is 109 Å². The number of hydrogen-bond acceptors (Lipinski definition) is 3. The maximum atomic E-state index is 14.0. The number of imidazole rings is 1. The molecule has 1 N–H and O–H groups in total. The van der Waals surface area contributed by atoms with E-state index in [9.17, 15) is 9.18 Å². The number of aromatic carboxylic acids is 1. The summed E-state index contributed by atoms with van der Waals surface area (Å²) in [7, 11) is 0. The predicted molar refractivity (Wildman–Crippen MR) is 62.9 cm³/mol. The second kappa shape index (κ2) is 4.58. The molecule has 0 aliphatic rings. The van der Waals surface area contributed by atoms with Gasteiger partial charge in [0.2, 0.25) is 0 Å². The zero-order valence-corrected chi connectivity index (χ0v) is 10.3. The lowest BCUT2D eigenvalue weighted by Crippen LogP contribution is -1.98. The molecular weight excluding hydrogens is 305 g/mol. The highest BCUT2D eigenvalue weighted by Crippen LogP contribution is 2.25. The molecule has 18 heavy (non-hydrogen) atoms. The number of hydrogen-bond donors (Lipinski definition) is 1. The van der Waals surface area contributed by atoms with E-state index in [1.807, 2.05) is 6.07 Å². The minimum Gasteiger partial charge on any atom is -0.476 e. The SMILES string of the molecule is N#Cc1ccc(-n2cnc(C(=O)O)c2)c(F)c1Br. The summed E-state index contributed by atoms with van der Waals surface area (Å²) < 4.78 is 15.2. The third-order valence-corrected chi connectivity index (χ3v) is 3.04. The average Bonchev–Trinajstić information content (AvgIpc) is 2.82. The van der Waals surface area contributed by atoms with Gasteiger partial charge in [-0.15, -0.1) is 0 Å². The first-order valence-corrected chi connectivity index (χ1v) is 5.49. The molecule has 0 saturated heterocycles. The Morgan fingerprint density at radius 1 is 1.56 bits per heavy atom. The van der Waals surface area contributed by atoms with Crippen LogP contribution in [0.25, 0.3) is 5.69 Å². The van der Waals surface area contributed by atoms with Crippen molar-refractivity contribution in [3.05, 3.63) is 46.2 Å². The van der Waals surface area contributed by atoms with Gasteiger partial charge in [0, 0.05) is 6.20 Å². The zero-order chi connectivity index (χ0) is 13.3. The van der Waals surface area contributed by atoms with Gasteiger partial charge in [0.05, 0.1) is 15.7 Å². The molecule has 90 valence electrons. The van der Waals surface area contributed by atoms with Crippen LogP contribution in [0.1, 0.15) is 16.1 Å². The van der Waals surface area contributed by atoms with Crippen LogP contribution in [0.3, 0.4) is 0 Å². The summed E-state index contributed by atoms with van der Waals surface area (Å²) in [5, 5.41) is 17.5. The fourth-order valence-corrected chi connectivity index (χ4v) is 1.81. The van der Waals surface area contributed by atoms with Gasteiger partial charge in [-0.05, 0) is 28.1 Å². The molecule has 0 amide bonds. The van der Waals surface area contributed by atoms with Gasteiger partial charge in [0.1, 0.15) is 12.4 Å². The normalized spacial score (nSPS) is 10.1. The van der Waals surface area contributed by atoms with Gasteiger partial charge in [-0.2, -0.15) is 5.26 Å². The predicted octanol–water partition coefficient (Wildman–Crippen LogP) is 2.34. The van der Waals surface area contributed by atoms with Crippen molar-refractivity contribution in [1.29, 1.82) is 5.26 Å². The summed E-state index contributed by atoms with van der Waals surface area (Å²) in [5.74, 6) is -1.84. The number of rotatable bonds is 2. The molecular formula is C11H5BrFN3O2. The molecule has 1 heterocycles. The summed E-state index contributed by atoms with van der Waals surface area (Å²) >= 11 is 2.98. The minimum atomic E-state index is -1.19. The fraction of sp³-hybridized carbons (Fsp3) is 0. The highest BCUT2D eigenvalue weighted by molar-refractivity contribution is 9.10. The van der Waals surface area contributed by atoms with Crippen molar-refractivity contribution in [2.45, 2.75) is 0 Å². The second-order valence-corrected chi connectivity index (χ2v) is 4.14. The standard InChI is InChI=1S/C11H5BrFN3O2/c12-9-6(3-14)1-2-8(10(9)13)16-4-7(11(17)18)15-5-16/h1-2,4-5H,(H,17,18).